The van der Waals surface area contributed by atoms with Gasteiger partial charge in [0.2, 0.25) is 0 Å². The molecule has 0 saturated carbocycles. The molecule has 0 aliphatic carbocycles. The highest BCUT2D eigenvalue weighted by atomic mass is 16.8. The van der Waals surface area contributed by atoms with Crippen LogP contribution < -0.4 is 0 Å². The average molecular weight is 260 g/mol. The fourth-order valence-electron chi connectivity index (χ4n) is 1.75. The van der Waals surface area contributed by atoms with Crippen LogP contribution in [0.4, 0.5) is 0 Å². The minimum atomic E-state index is -0.676. The highest BCUT2D eigenvalue weighted by Crippen LogP contribution is 2.26. The molecule has 0 aromatic carbocycles. The van der Waals surface area contributed by atoms with Crippen molar-refractivity contribution < 1.29 is 28.5 Å². The topological polar surface area (TPSA) is 71.1 Å². The molecule has 1 rings (SSSR count). The summed E-state index contributed by atoms with van der Waals surface area (Å²) in [6.45, 7) is 6.80. The van der Waals surface area contributed by atoms with Gasteiger partial charge in [-0.15, -0.1) is 0 Å². The van der Waals surface area contributed by atoms with Gasteiger partial charge in [-0.25, -0.2) is 0 Å². The normalized spacial score (nSPS) is 23.4. The monoisotopic (exact) mass is 260 g/mol. The molecule has 0 N–H and O–H groups in total. The summed E-state index contributed by atoms with van der Waals surface area (Å²) in [6, 6.07) is 0. The Morgan fingerprint density at radius 3 is 2.44 bits per heavy atom. The Morgan fingerprint density at radius 2 is 2.00 bits per heavy atom. The maximum Gasteiger partial charge on any atom is 0.302 e. The molecule has 0 spiro atoms. The Bertz CT molecular complexity index is 312. The molecule has 1 heterocycles. The summed E-state index contributed by atoms with van der Waals surface area (Å²) < 4.78 is 21.1. The molecule has 2 atom stereocenters. The van der Waals surface area contributed by atoms with Gasteiger partial charge in [-0.2, -0.15) is 0 Å². The third-order valence-corrected chi connectivity index (χ3v) is 2.47. The Morgan fingerprint density at radius 1 is 1.33 bits per heavy atom. The number of rotatable bonds is 5. The van der Waals surface area contributed by atoms with Crippen LogP contribution in [0.25, 0.3) is 0 Å². The Labute approximate surface area is 107 Å². The first-order valence-corrected chi connectivity index (χ1v) is 5.92. The van der Waals surface area contributed by atoms with E-state index in [4.69, 9.17) is 18.9 Å². The zero-order valence-electron chi connectivity index (χ0n) is 11.2. The first kappa shape index (κ1) is 14.9. The van der Waals surface area contributed by atoms with Crippen LogP contribution in [0.3, 0.4) is 0 Å². The van der Waals surface area contributed by atoms with E-state index in [1.165, 1.54) is 13.8 Å². The summed E-state index contributed by atoms with van der Waals surface area (Å²) >= 11 is 0. The predicted octanol–water partition coefficient (Wildman–Crippen LogP) is 1.02. The van der Waals surface area contributed by atoms with E-state index < -0.39 is 17.9 Å². The van der Waals surface area contributed by atoms with E-state index in [2.05, 4.69) is 0 Å². The molecule has 1 fully saturated rings. The smallest absolute Gasteiger partial charge is 0.302 e. The number of hydrogen-bond donors (Lipinski definition) is 0. The SMILES string of the molecule is CC(=O)OCC[C@H](OC(C)=O)[C@H]1COC(C)(C)O1. The zero-order chi connectivity index (χ0) is 13.8. The van der Waals surface area contributed by atoms with Gasteiger partial charge < -0.3 is 18.9 Å². The summed E-state index contributed by atoms with van der Waals surface area (Å²) in [5, 5.41) is 0. The van der Waals surface area contributed by atoms with Crippen LogP contribution in [0.1, 0.15) is 34.1 Å². The van der Waals surface area contributed by atoms with Gasteiger partial charge in [0.1, 0.15) is 12.2 Å². The molecule has 0 amide bonds. The highest BCUT2D eigenvalue weighted by molar-refractivity contribution is 5.66. The van der Waals surface area contributed by atoms with E-state index in [1.54, 1.807) is 13.8 Å². The lowest BCUT2D eigenvalue weighted by Gasteiger charge is -2.23. The number of carbonyl (C=O) groups excluding carboxylic acids is 2. The Hall–Kier alpha value is -1.14. The van der Waals surface area contributed by atoms with Crippen LogP contribution in [0.5, 0.6) is 0 Å². The molecule has 104 valence electrons. The number of ether oxygens (including phenoxy) is 4. The van der Waals surface area contributed by atoms with Crippen molar-refractivity contribution >= 4 is 11.9 Å². The fourth-order valence-corrected chi connectivity index (χ4v) is 1.75. The van der Waals surface area contributed by atoms with E-state index in [0.717, 1.165) is 0 Å². The van der Waals surface area contributed by atoms with Crippen molar-refractivity contribution in [2.75, 3.05) is 13.2 Å². The molecule has 6 nitrogen and oxygen atoms in total. The summed E-state index contributed by atoms with van der Waals surface area (Å²) in [6.07, 6.45) is -0.411. The number of esters is 2. The second kappa shape index (κ2) is 6.15. The largest absolute Gasteiger partial charge is 0.466 e. The second-order valence-electron chi connectivity index (χ2n) is 4.64. The van der Waals surface area contributed by atoms with Gasteiger partial charge in [0.05, 0.1) is 13.2 Å². The molecule has 1 saturated heterocycles. The van der Waals surface area contributed by atoms with Crippen molar-refractivity contribution in [3.63, 3.8) is 0 Å². The first-order valence-electron chi connectivity index (χ1n) is 5.92. The van der Waals surface area contributed by atoms with Gasteiger partial charge in [0, 0.05) is 20.3 Å². The van der Waals surface area contributed by atoms with E-state index in [0.29, 0.717) is 13.0 Å². The van der Waals surface area contributed by atoms with Crippen molar-refractivity contribution in [2.45, 2.75) is 52.1 Å². The molecular formula is C12H20O6. The van der Waals surface area contributed by atoms with E-state index in [-0.39, 0.29) is 18.7 Å². The molecule has 6 heteroatoms. The van der Waals surface area contributed by atoms with E-state index >= 15 is 0 Å². The predicted molar refractivity (Wildman–Crippen MR) is 61.7 cm³/mol. The minimum absolute atomic E-state index is 0.188. The van der Waals surface area contributed by atoms with Gasteiger partial charge >= 0.3 is 11.9 Å². The van der Waals surface area contributed by atoms with Crippen molar-refractivity contribution in [3.05, 3.63) is 0 Å². The van der Waals surface area contributed by atoms with Gasteiger partial charge in [-0.05, 0) is 13.8 Å². The second-order valence-corrected chi connectivity index (χ2v) is 4.64. The number of carbonyl (C=O) groups is 2. The standard InChI is InChI=1S/C12H20O6/c1-8(13)15-6-5-10(17-9(2)14)11-7-16-12(3,4)18-11/h10-11H,5-7H2,1-4H3/t10-,11+/m0/s1. The molecule has 1 aliphatic heterocycles. The summed E-state index contributed by atoms with van der Waals surface area (Å²) in [5.41, 5.74) is 0. The van der Waals surface area contributed by atoms with Crippen molar-refractivity contribution in [3.8, 4) is 0 Å². The van der Waals surface area contributed by atoms with Crippen LogP contribution in [0.2, 0.25) is 0 Å². The lowest BCUT2D eigenvalue weighted by Crippen LogP contribution is -2.35. The summed E-state index contributed by atoms with van der Waals surface area (Å²) in [4.78, 5) is 21.7. The molecule has 0 aromatic rings. The van der Waals surface area contributed by atoms with Crippen LogP contribution in [-0.2, 0) is 28.5 Å². The Balaban J connectivity index is 2.50. The van der Waals surface area contributed by atoms with Gasteiger partial charge in [0.15, 0.2) is 5.79 Å². The third-order valence-electron chi connectivity index (χ3n) is 2.47. The molecule has 0 radical (unpaired) electrons. The van der Waals surface area contributed by atoms with Crippen molar-refractivity contribution in [2.24, 2.45) is 0 Å². The average Bonchev–Trinajstić information content (AvgIpc) is 2.56. The van der Waals surface area contributed by atoms with Gasteiger partial charge in [-0.1, -0.05) is 0 Å². The van der Waals surface area contributed by atoms with E-state index in [9.17, 15) is 9.59 Å². The lowest BCUT2D eigenvalue weighted by atomic mass is 10.1. The zero-order valence-corrected chi connectivity index (χ0v) is 11.2. The minimum Gasteiger partial charge on any atom is -0.466 e. The Kier molecular flexibility index (Phi) is 5.10. The molecule has 0 bridgehead atoms. The molecule has 1 aliphatic rings. The summed E-state index contributed by atoms with van der Waals surface area (Å²) in [5.74, 6) is -1.43. The molecule has 18 heavy (non-hydrogen) atoms. The first-order chi connectivity index (χ1) is 8.30. The molecule has 0 unspecified atom stereocenters. The lowest BCUT2D eigenvalue weighted by molar-refractivity contribution is -0.171. The van der Waals surface area contributed by atoms with Gasteiger partial charge in [0.25, 0.3) is 0 Å². The van der Waals surface area contributed by atoms with Crippen molar-refractivity contribution in [1.29, 1.82) is 0 Å². The number of hydrogen-bond acceptors (Lipinski definition) is 6. The van der Waals surface area contributed by atoms with Crippen LogP contribution in [-0.4, -0.2) is 43.1 Å². The quantitative estimate of drug-likeness (QED) is 0.687. The van der Waals surface area contributed by atoms with Crippen LogP contribution >= 0.6 is 0 Å². The fraction of sp³-hybridized carbons (Fsp3) is 0.833. The van der Waals surface area contributed by atoms with Crippen LogP contribution in [0, 0.1) is 0 Å². The van der Waals surface area contributed by atoms with E-state index in [1.807, 2.05) is 0 Å². The summed E-state index contributed by atoms with van der Waals surface area (Å²) in [7, 11) is 0. The maximum absolute atomic E-state index is 11.0. The van der Waals surface area contributed by atoms with Gasteiger partial charge in [-0.3, -0.25) is 9.59 Å². The van der Waals surface area contributed by atoms with Crippen molar-refractivity contribution in [1.82, 2.24) is 0 Å². The highest BCUT2D eigenvalue weighted by Gasteiger charge is 2.38. The molecule has 0 aromatic heterocycles. The third kappa shape index (κ3) is 5.01. The maximum atomic E-state index is 11.0. The van der Waals surface area contributed by atoms with Crippen LogP contribution in [0.15, 0.2) is 0 Å². The molecular weight excluding hydrogens is 240 g/mol.